The van der Waals surface area contributed by atoms with Gasteiger partial charge in [0, 0.05) is 6.42 Å². The lowest BCUT2D eigenvalue weighted by molar-refractivity contribution is -0.151. The zero-order valence-electron chi connectivity index (χ0n) is 38.4. The van der Waals surface area contributed by atoms with Gasteiger partial charge >= 0.3 is 5.97 Å². The average Bonchev–Trinajstić information content (AvgIpc) is 3.22. The van der Waals surface area contributed by atoms with Crippen molar-refractivity contribution in [1.82, 2.24) is 5.32 Å². The Bertz CT molecular complexity index is 1000. The molecule has 0 saturated heterocycles. The molecule has 0 fully saturated rings. The number of rotatable bonds is 44. The van der Waals surface area contributed by atoms with Gasteiger partial charge in [-0.15, -0.1) is 0 Å². The van der Waals surface area contributed by atoms with E-state index in [-0.39, 0.29) is 24.9 Å². The van der Waals surface area contributed by atoms with Gasteiger partial charge in [-0.3, -0.25) is 9.59 Å². The van der Waals surface area contributed by atoms with Crippen LogP contribution in [0.25, 0.3) is 0 Å². The molecule has 0 radical (unpaired) electrons. The minimum absolute atomic E-state index is 0.0610. The zero-order chi connectivity index (χ0) is 42.4. The molecule has 3 atom stereocenters. The molecule has 0 aromatic heterocycles. The van der Waals surface area contributed by atoms with E-state index >= 15 is 0 Å². The fourth-order valence-corrected chi connectivity index (χ4v) is 7.40. The summed E-state index contributed by atoms with van der Waals surface area (Å²) in [5.74, 6) is -0.501. The second-order valence-electron chi connectivity index (χ2n) is 16.9. The Kier molecular flexibility index (Phi) is 44.2. The summed E-state index contributed by atoms with van der Waals surface area (Å²) in [6.07, 6.45) is 54.5. The second kappa shape index (κ2) is 45.9. The number of hydrogen-bond acceptors (Lipinski definition) is 5. The molecular formula is C52H95NO5. The first kappa shape index (κ1) is 55.8. The Morgan fingerprint density at radius 2 is 0.983 bits per heavy atom. The lowest BCUT2D eigenvalue weighted by atomic mass is 10.0. The Morgan fingerprint density at radius 3 is 1.53 bits per heavy atom. The van der Waals surface area contributed by atoms with E-state index in [2.05, 4.69) is 74.7 Å². The summed E-state index contributed by atoms with van der Waals surface area (Å²) in [7, 11) is 0. The largest absolute Gasteiger partial charge is 0.462 e. The maximum Gasteiger partial charge on any atom is 0.306 e. The van der Waals surface area contributed by atoms with Crippen LogP contribution in [0.2, 0.25) is 0 Å². The van der Waals surface area contributed by atoms with Gasteiger partial charge in [-0.05, 0) is 77.0 Å². The zero-order valence-corrected chi connectivity index (χ0v) is 38.4. The first-order chi connectivity index (χ1) is 28.5. The molecule has 6 nitrogen and oxygen atoms in total. The summed E-state index contributed by atoms with van der Waals surface area (Å²) in [5.41, 5.74) is 0. The van der Waals surface area contributed by atoms with E-state index in [0.717, 1.165) is 96.3 Å². The predicted molar refractivity (Wildman–Crippen MR) is 250 cm³/mol. The molecule has 0 aliphatic rings. The van der Waals surface area contributed by atoms with Crippen LogP contribution in [-0.4, -0.2) is 46.9 Å². The molecule has 58 heavy (non-hydrogen) atoms. The molecule has 1 amide bonds. The van der Waals surface area contributed by atoms with Gasteiger partial charge < -0.3 is 20.3 Å². The first-order valence-corrected chi connectivity index (χ1v) is 24.9. The van der Waals surface area contributed by atoms with Crippen molar-refractivity contribution in [3.8, 4) is 0 Å². The third-order valence-corrected chi connectivity index (χ3v) is 11.2. The van der Waals surface area contributed by atoms with Crippen molar-refractivity contribution in [2.75, 3.05) is 6.61 Å². The smallest absolute Gasteiger partial charge is 0.306 e. The van der Waals surface area contributed by atoms with Crippen LogP contribution in [0.1, 0.15) is 245 Å². The van der Waals surface area contributed by atoms with Crippen LogP contribution in [-0.2, 0) is 14.3 Å². The summed E-state index contributed by atoms with van der Waals surface area (Å²) in [4.78, 5) is 26.1. The standard InChI is InChI=1S/C52H95NO5/c1-4-7-10-13-16-19-22-25-27-30-33-36-39-42-45-52(57)58-48(43-40-37-34-31-28-26-23-20-17-14-11-8-5-2)46-51(56)53-49(47-54)50(55)44-41-38-35-32-29-24-21-18-15-12-9-6-3/h7,10,16-17,19-20,23,26,48-50,54-55H,4-6,8-9,11-15,18,21-22,24-25,27-47H2,1-3H3,(H,53,56)/b10-7+,19-16+,20-17+,26-23+. The summed E-state index contributed by atoms with van der Waals surface area (Å²) < 4.78 is 5.91. The van der Waals surface area contributed by atoms with Crippen LogP contribution in [0.5, 0.6) is 0 Å². The second-order valence-corrected chi connectivity index (χ2v) is 16.9. The van der Waals surface area contributed by atoms with Crippen molar-refractivity contribution in [2.45, 2.75) is 264 Å². The number of carbonyl (C=O) groups excluding carboxylic acids is 2. The Morgan fingerprint density at radius 1 is 0.534 bits per heavy atom. The van der Waals surface area contributed by atoms with Crippen molar-refractivity contribution >= 4 is 11.9 Å². The van der Waals surface area contributed by atoms with Gasteiger partial charge in [-0.25, -0.2) is 0 Å². The summed E-state index contributed by atoms with van der Waals surface area (Å²) in [5, 5.41) is 23.7. The van der Waals surface area contributed by atoms with Crippen molar-refractivity contribution < 1.29 is 24.5 Å². The predicted octanol–water partition coefficient (Wildman–Crippen LogP) is 14.7. The molecule has 0 saturated carbocycles. The third kappa shape index (κ3) is 40.6. The number of ether oxygens (including phenoxy) is 1. The van der Waals surface area contributed by atoms with Crippen molar-refractivity contribution in [3.63, 3.8) is 0 Å². The van der Waals surface area contributed by atoms with Crippen LogP contribution in [0.15, 0.2) is 48.6 Å². The van der Waals surface area contributed by atoms with Crippen molar-refractivity contribution in [2.24, 2.45) is 0 Å². The Labute approximate surface area is 359 Å². The lowest BCUT2D eigenvalue weighted by Gasteiger charge is -2.24. The number of allylic oxidation sites excluding steroid dienone is 8. The van der Waals surface area contributed by atoms with E-state index in [1.54, 1.807) is 0 Å². The van der Waals surface area contributed by atoms with E-state index < -0.39 is 18.2 Å². The van der Waals surface area contributed by atoms with Crippen LogP contribution < -0.4 is 5.32 Å². The van der Waals surface area contributed by atoms with Gasteiger partial charge in [0.1, 0.15) is 6.10 Å². The third-order valence-electron chi connectivity index (χ3n) is 11.2. The normalized spacial score (nSPS) is 13.7. The molecular weight excluding hydrogens is 719 g/mol. The molecule has 6 heteroatoms. The van der Waals surface area contributed by atoms with Crippen molar-refractivity contribution in [1.29, 1.82) is 0 Å². The Balaban J connectivity index is 4.62. The highest BCUT2D eigenvalue weighted by Gasteiger charge is 2.24. The molecule has 0 aliphatic carbocycles. The van der Waals surface area contributed by atoms with Gasteiger partial charge in [0.05, 0.1) is 25.2 Å². The number of aliphatic hydroxyl groups excluding tert-OH is 2. The molecule has 0 bridgehead atoms. The fourth-order valence-electron chi connectivity index (χ4n) is 7.40. The molecule has 0 heterocycles. The number of unbranched alkanes of at least 4 members (excludes halogenated alkanes) is 25. The number of carbonyl (C=O) groups is 2. The monoisotopic (exact) mass is 814 g/mol. The van der Waals surface area contributed by atoms with Gasteiger partial charge in [-0.1, -0.05) is 204 Å². The number of amides is 1. The highest BCUT2D eigenvalue weighted by atomic mass is 16.5. The van der Waals surface area contributed by atoms with Gasteiger partial charge in [-0.2, -0.15) is 0 Å². The number of aliphatic hydroxyl groups is 2. The maximum atomic E-state index is 13.2. The quantitative estimate of drug-likeness (QED) is 0.0246. The van der Waals surface area contributed by atoms with Crippen LogP contribution in [0.4, 0.5) is 0 Å². The topological polar surface area (TPSA) is 95.9 Å². The fraction of sp³-hybridized carbons (Fsp3) is 0.808. The molecule has 338 valence electrons. The SMILES string of the molecule is CC/C=C/C/C=C/CCCCCCCCCC(=O)OC(CCCCCC/C=C/C=C/CCCCC)CC(=O)NC(CO)C(O)CCCCCCCCCCCCCC. The van der Waals surface area contributed by atoms with Gasteiger partial charge in [0.15, 0.2) is 0 Å². The minimum atomic E-state index is -0.793. The number of hydrogen-bond donors (Lipinski definition) is 3. The molecule has 0 aromatic rings. The van der Waals surface area contributed by atoms with Gasteiger partial charge in [0.25, 0.3) is 0 Å². The first-order valence-electron chi connectivity index (χ1n) is 24.9. The van der Waals surface area contributed by atoms with E-state index in [1.165, 1.54) is 103 Å². The minimum Gasteiger partial charge on any atom is -0.462 e. The molecule has 0 aliphatic heterocycles. The summed E-state index contributed by atoms with van der Waals surface area (Å²) >= 11 is 0. The van der Waals surface area contributed by atoms with E-state index in [4.69, 9.17) is 4.74 Å². The highest BCUT2D eigenvalue weighted by molar-refractivity contribution is 5.77. The van der Waals surface area contributed by atoms with Crippen LogP contribution in [0.3, 0.4) is 0 Å². The van der Waals surface area contributed by atoms with E-state index in [0.29, 0.717) is 19.3 Å². The number of nitrogens with one attached hydrogen (secondary N) is 1. The average molecular weight is 814 g/mol. The summed E-state index contributed by atoms with van der Waals surface area (Å²) in [6.45, 7) is 6.34. The summed E-state index contributed by atoms with van der Waals surface area (Å²) in [6, 6.07) is -0.708. The van der Waals surface area contributed by atoms with Crippen LogP contribution in [0, 0.1) is 0 Å². The highest BCUT2D eigenvalue weighted by Crippen LogP contribution is 2.17. The van der Waals surface area contributed by atoms with Crippen molar-refractivity contribution in [3.05, 3.63) is 48.6 Å². The maximum absolute atomic E-state index is 13.2. The Hall–Kier alpha value is -2.18. The van der Waals surface area contributed by atoms with Gasteiger partial charge in [0.2, 0.25) is 5.91 Å². The molecule has 3 N–H and O–H groups in total. The van der Waals surface area contributed by atoms with E-state index in [9.17, 15) is 19.8 Å². The number of esters is 1. The molecule has 0 aromatic carbocycles. The van der Waals surface area contributed by atoms with Crippen LogP contribution >= 0.6 is 0 Å². The molecule has 0 spiro atoms. The molecule has 3 unspecified atom stereocenters. The van der Waals surface area contributed by atoms with E-state index in [1.807, 2.05) is 0 Å². The molecule has 0 rings (SSSR count). The lowest BCUT2D eigenvalue weighted by Crippen LogP contribution is -2.46.